The molecule has 0 unspecified atom stereocenters. The first-order valence-corrected chi connectivity index (χ1v) is 9.82. The van der Waals surface area contributed by atoms with E-state index in [2.05, 4.69) is 15.3 Å². The number of carbonyl (C=O) groups is 2. The maximum absolute atomic E-state index is 12.0. The topological polar surface area (TPSA) is 128 Å². The molecule has 0 bridgehead atoms. The zero-order valence-corrected chi connectivity index (χ0v) is 17.1. The highest BCUT2D eigenvalue weighted by atomic mass is 35.5. The fraction of sp³-hybridized carbons (Fsp3) is 0.182. The third-order valence-electron chi connectivity index (χ3n) is 4.35. The molecule has 0 saturated heterocycles. The van der Waals surface area contributed by atoms with Gasteiger partial charge in [-0.3, -0.25) is 9.59 Å². The molecule has 0 aliphatic carbocycles. The lowest BCUT2D eigenvalue weighted by atomic mass is 10.2. The van der Waals surface area contributed by atoms with Crippen LogP contribution in [0.2, 0.25) is 5.02 Å². The number of nitriles is 1. The van der Waals surface area contributed by atoms with Gasteiger partial charge < -0.3 is 20.1 Å². The molecule has 1 amide bonds. The van der Waals surface area contributed by atoms with E-state index >= 15 is 0 Å². The van der Waals surface area contributed by atoms with Crippen LogP contribution in [-0.4, -0.2) is 40.1 Å². The number of aromatic nitrogens is 2. The summed E-state index contributed by atoms with van der Waals surface area (Å²) in [5.41, 5.74) is 1.74. The molecule has 0 aliphatic heterocycles. The molecule has 3 aromatic rings. The number of hydrogen-bond acceptors (Lipinski definition) is 6. The fourth-order valence-electron chi connectivity index (χ4n) is 2.76. The Kier molecular flexibility index (Phi) is 7.25. The summed E-state index contributed by atoms with van der Waals surface area (Å²) in [6.45, 7) is -0.170. The van der Waals surface area contributed by atoms with Gasteiger partial charge in [0.15, 0.2) is 11.6 Å². The number of allylic oxidation sites excluding steroid dienone is 1. The molecule has 0 saturated carbocycles. The van der Waals surface area contributed by atoms with Crippen LogP contribution >= 0.6 is 11.6 Å². The van der Waals surface area contributed by atoms with Crippen molar-refractivity contribution in [3.05, 3.63) is 70.7 Å². The highest BCUT2D eigenvalue weighted by Crippen LogP contribution is 2.18. The van der Waals surface area contributed by atoms with Gasteiger partial charge in [-0.05, 0) is 42.8 Å². The number of halogens is 1. The van der Waals surface area contributed by atoms with Crippen molar-refractivity contribution in [2.45, 2.75) is 12.8 Å². The molecule has 2 aromatic carbocycles. The number of fused-ring (bicyclic) bond motifs is 1. The number of nitrogens with one attached hydrogen (secondary N) is 2. The molecule has 158 valence electrons. The van der Waals surface area contributed by atoms with Crippen molar-refractivity contribution in [2.75, 3.05) is 13.2 Å². The lowest BCUT2D eigenvalue weighted by molar-refractivity contribution is -0.143. The van der Waals surface area contributed by atoms with E-state index in [1.807, 2.05) is 18.2 Å². The molecule has 0 fully saturated rings. The first-order valence-electron chi connectivity index (χ1n) is 9.44. The molecule has 3 N–H and O–H groups in total. The average Bonchev–Trinajstić information content (AvgIpc) is 3.19. The van der Waals surface area contributed by atoms with Crippen molar-refractivity contribution in [3.63, 3.8) is 0 Å². The SMILES string of the molecule is N#C/C(=C(/O)COC(=O)CCCNC(=O)c1ccc(Cl)cc1)c1nc2ccccc2[nH]1. The number of aliphatic hydroxyl groups is 1. The van der Waals surface area contributed by atoms with Crippen molar-refractivity contribution >= 4 is 40.1 Å². The minimum absolute atomic E-state index is 0.0424. The zero-order chi connectivity index (χ0) is 22.2. The van der Waals surface area contributed by atoms with Crippen molar-refractivity contribution in [1.82, 2.24) is 15.3 Å². The second-order valence-corrected chi connectivity index (χ2v) is 7.00. The summed E-state index contributed by atoms with van der Waals surface area (Å²) in [5.74, 6) is -1.03. The number of esters is 1. The van der Waals surface area contributed by atoms with E-state index in [-0.39, 0.29) is 30.3 Å². The largest absolute Gasteiger partial charge is 0.507 e. The molecule has 3 rings (SSSR count). The quantitative estimate of drug-likeness (QED) is 0.212. The third kappa shape index (κ3) is 5.84. The number of H-pyrrole nitrogens is 1. The Labute approximate surface area is 183 Å². The second kappa shape index (κ2) is 10.3. The number of benzene rings is 2. The maximum atomic E-state index is 12.0. The number of aliphatic hydroxyl groups excluding tert-OH is 1. The van der Waals surface area contributed by atoms with Gasteiger partial charge >= 0.3 is 5.97 Å². The normalized spacial score (nSPS) is 11.5. The first kappa shape index (κ1) is 21.9. The molecular formula is C22H19ClN4O4. The van der Waals surface area contributed by atoms with Gasteiger partial charge in [-0.2, -0.15) is 5.26 Å². The Balaban J connectivity index is 1.46. The fourth-order valence-corrected chi connectivity index (χ4v) is 2.88. The van der Waals surface area contributed by atoms with Crippen LogP contribution in [0, 0.1) is 11.3 Å². The van der Waals surface area contributed by atoms with Gasteiger partial charge in [0.25, 0.3) is 5.91 Å². The molecule has 8 nitrogen and oxygen atoms in total. The van der Waals surface area contributed by atoms with Crippen molar-refractivity contribution < 1.29 is 19.4 Å². The van der Waals surface area contributed by atoms with Crippen LogP contribution in [0.25, 0.3) is 16.6 Å². The highest BCUT2D eigenvalue weighted by molar-refractivity contribution is 6.30. The summed E-state index contributed by atoms with van der Waals surface area (Å²) < 4.78 is 5.02. The summed E-state index contributed by atoms with van der Waals surface area (Å²) >= 11 is 5.78. The molecule has 1 heterocycles. The number of imidazole rings is 1. The molecule has 9 heteroatoms. The van der Waals surface area contributed by atoms with Gasteiger partial charge in [0, 0.05) is 23.6 Å². The second-order valence-electron chi connectivity index (χ2n) is 6.56. The zero-order valence-electron chi connectivity index (χ0n) is 16.4. The molecule has 31 heavy (non-hydrogen) atoms. The van der Waals surface area contributed by atoms with Crippen LogP contribution in [0.15, 0.2) is 54.3 Å². The Morgan fingerprint density at radius 3 is 2.65 bits per heavy atom. The number of rotatable bonds is 8. The van der Waals surface area contributed by atoms with E-state index in [0.29, 0.717) is 22.5 Å². The summed E-state index contributed by atoms with van der Waals surface area (Å²) in [6, 6.07) is 15.5. The minimum atomic E-state index is -0.561. The van der Waals surface area contributed by atoms with E-state index in [0.717, 1.165) is 5.52 Å². The number of hydrogen-bond donors (Lipinski definition) is 3. The van der Waals surface area contributed by atoms with Crippen LogP contribution in [-0.2, 0) is 9.53 Å². The van der Waals surface area contributed by atoms with Crippen LogP contribution in [0.1, 0.15) is 29.0 Å². The molecular weight excluding hydrogens is 420 g/mol. The van der Waals surface area contributed by atoms with Crippen molar-refractivity contribution in [3.8, 4) is 6.07 Å². The third-order valence-corrected chi connectivity index (χ3v) is 4.60. The number of ether oxygens (including phenoxy) is 1. The number of amides is 1. The van der Waals surface area contributed by atoms with Gasteiger partial charge in [-0.1, -0.05) is 23.7 Å². The monoisotopic (exact) mass is 438 g/mol. The van der Waals surface area contributed by atoms with Crippen molar-refractivity contribution in [2.24, 2.45) is 0 Å². The molecule has 0 radical (unpaired) electrons. The minimum Gasteiger partial charge on any atom is -0.507 e. The Morgan fingerprint density at radius 2 is 1.94 bits per heavy atom. The number of nitrogens with zero attached hydrogens (tertiary/aromatic N) is 2. The Hall–Kier alpha value is -3.83. The number of carbonyl (C=O) groups excluding carboxylic acids is 2. The van der Waals surface area contributed by atoms with Gasteiger partial charge in [-0.15, -0.1) is 0 Å². The van der Waals surface area contributed by atoms with Gasteiger partial charge in [0.2, 0.25) is 0 Å². The van der Waals surface area contributed by atoms with Crippen molar-refractivity contribution in [1.29, 1.82) is 5.26 Å². The van der Waals surface area contributed by atoms with Crippen LogP contribution in [0.4, 0.5) is 0 Å². The number of aromatic amines is 1. The summed E-state index contributed by atoms with van der Waals surface area (Å²) in [7, 11) is 0. The van der Waals surface area contributed by atoms with Crippen LogP contribution < -0.4 is 5.32 Å². The molecule has 1 aromatic heterocycles. The lowest BCUT2D eigenvalue weighted by Crippen LogP contribution is -2.25. The maximum Gasteiger partial charge on any atom is 0.306 e. The molecule has 0 spiro atoms. The standard InChI is InChI=1S/C22H19ClN4O4/c23-15-9-7-14(8-10-15)22(30)25-11-3-6-20(29)31-13-19(28)16(12-24)21-26-17-4-1-2-5-18(17)27-21/h1-2,4-5,7-10,28H,3,6,11,13H2,(H,25,30)(H,26,27)/b19-16-. The van der Waals surface area contributed by atoms with Crippen LogP contribution in [0.5, 0.6) is 0 Å². The van der Waals surface area contributed by atoms with Gasteiger partial charge in [0.1, 0.15) is 18.2 Å². The van der Waals surface area contributed by atoms with Crippen LogP contribution in [0.3, 0.4) is 0 Å². The van der Waals surface area contributed by atoms with E-state index in [9.17, 15) is 20.0 Å². The smallest absolute Gasteiger partial charge is 0.306 e. The molecule has 0 atom stereocenters. The number of para-hydroxylation sites is 2. The van der Waals surface area contributed by atoms with Gasteiger partial charge in [0.05, 0.1) is 11.0 Å². The van der Waals surface area contributed by atoms with E-state index in [4.69, 9.17) is 16.3 Å². The van der Waals surface area contributed by atoms with Gasteiger partial charge in [-0.25, -0.2) is 4.98 Å². The summed E-state index contributed by atoms with van der Waals surface area (Å²) in [4.78, 5) is 31.1. The highest BCUT2D eigenvalue weighted by Gasteiger charge is 2.15. The predicted molar refractivity (Wildman–Crippen MR) is 115 cm³/mol. The van der Waals surface area contributed by atoms with E-state index < -0.39 is 18.3 Å². The average molecular weight is 439 g/mol. The summed E-state index contributed by atoms with van der Waals surface area (Å²) in [6.07, 6.45) is 0.401. The summed E-state index contributed by atoms with van der Waals surface area (Å²) in [5, 5.41) is 22.8. The lowest BCUT2D eigenvalue weighted by Gasteiger charge is -2.07. The first-order chi connectivity index (χ1) is 15.0. The predicted octanol–water partition coefficient (Wildman–Crippen LogP) is 3.76. The van der Waals surface area contributed by atoms with E-state index in [1.165, 1.54) is 0 Å². The Morgan fingerprint density at radius 1 is 1.19 bits per heavy atom. The molecule has 0 aliphatic rings. The Bertz CT molecular complexity index is 1130. The van der Waals surface area contributed by atoms with E-state index in [1.54, 1.807) is 36.4 Å².